The third-order valence-corrected chi connectivity index (χ3v) is 5.86. The number of carboxylic acids is 2. The standard InChI is InChI=1S/C21H21N3O6S/c22-20(23)13-2-4-15(5-3-13)24-10-16(30-21(24)29)11-31-17-6-1-12(8-18(25)26)7-14(17)9-19(27)28/h1-7,16H,8-11H2,(H3,22,23)(H,25,26)(H,27,28). The first-order valence-electron chi connectivity index (χ1n) is 9.33. The van der Waals surface area contributed by atoms with Crippen LogP contribution in [0.1, 0.15) is 16.7 Å². The minimum absolute atomic E-state index is 0.0589. The number of anilines is 1. The summed E-state index contributed by atoms with van der Waals surface area (Å²) >= 11 is 1.36. The fraction of sp³-hybridized carbons (Fsp3) is 0.238. The van der Waals surface area contributed by atoms with Gasteiger partial charge in [0.1, 0.15) is 11.9 Å². The molecule has 0 aliphatic carbocycles. The van der Waals surface area contributed by atoms with E-state index in [1.54, 1.807) is 42.5 Å². The van der Waals surface area contributed by atoms with Gasteiger partial charge in [-0.1, -0.05) is 12.1 Å². The summed E-state index contributed by atoms with van der Waals surface area (Å²) in [5.74, 6) is -1.65. The number of thioether (sulfide) groups is 1. The minimum atomic E-state index is -1.01. The number of nitrogen functional groups attached to an aromatic ring is 1. The van der Waals surface area contributed by atoms with Crippen LogP contribution >= 0.6 is 11.8 Å². The molecule has 1 saturated heterocycles. The lowest BCUT2D eigenvalue weighted by atomic mass is 10.1. The van der Waals surface area contributed by atoms with Crippen LogP contribution in [0.5, 0.6) is 0 Å². The summed E-state index contributed by atoms with van der Waals surface area (Å²) in [5.41, 5.74) is 7.69. The topological polar surface area (TPSA) is 154 Å². The molecule has 1 aliphatic heterocycles. The number of amides is 1. The maximum atomic E-state index is 12.3. The monoisotopic (exact) mass is 443 g/mol. The van der Waals surface area contributed by atoms with Crippen LogP contribution in [0.3, 0.4) is 0 Å². The minimum Gasteiger partial charge on any atom is -0.481 e. The molecule has 1 aliphatic rings. The number of hydrogen-bond acceptors (Lipinski definition) is 6. The van der Waals surface area contributed by atoms with Gasteiger partial charge in [0.25, 0.3) is 0 Å². The number of carbonyl (C=O) groups excluding carboxylic acids is 1. The number of ether oxygens (including phenoxy) is 1. The third-order valence-electron chi connectivity index (χ3n) is 4.61. The molecule has 5 N–H and O–H groups in total. The van der Waals surface area contributed by atoms with Crippen LogP contribution in [-0.4, -0.2) is 52.5 Å². The number of hydrogen-bond donors (Lipinski definition) is 4. The number of carbonyl (C=O) groups is 3. The van der Waals surface area contributed by atoms with E-state index in [0.717, 1.165) is 0 Å². The van der Waals surface area contributed by atoms with Gasteiger partial charge in [-0.15, -0.1) is 11.8 Å². The Kier molecular flexibility index (Phi) is 6.81. The Bertz CT molecular complexity index is 1020. The number of nitrogens with one attached hydrogen (secondary N) is 1. The molecule has 9 nitrogen and oxygen atoms in total. The van der Waals surface area contributed by atoms with E-state index in [2.05, 4.69) is 0 Å². The Morgan fingerprint density at radius 3 is 2.42 bits per heavy atom. The van der Waals surface area contributed by atoms with Gasteiger partial charge >= 0.3 is 18.0 Å². The van der Waals surface area contributed by atoms with Crippen LogP contribution < -0.4 is 10.6 Å². The quantitative estimate of drug-likeness (QED) is 0.262. The summed E-state index contributed by atoms with van der Waals surface area (Å²) in [6.45, 7) is 0.330. The molecule has 1 heterocycles. The van der Waals surface area contributed by atoms with Gasteiger partial charge in [0, 0.05) is 21.9 Å². The molecule has 162 valence electrons. The second-order valence-electron chi connectivity index (χ2n) is 6.97. The van der Waals surface area contributed by atoms with Crippen molar-refractivity contribution in [2.75, 3.05) is 17.2 Å². The zero-order chi connectivity index (χ0) is 22.5. The smallest absolute Gasteiger partial charge is 0.414 e. The highest BCUT2D eigenvalue weighted by molar-refractivity contribution is 7.99. The molecule has 1 atom stereocenters. The second-order valence-corrected chi connectivity index (χ2v) is 8.03. The van der Waals surface area contributed by atoms with E-state index in [0.29, 0.717) is 39.6 Å². The summed E-state index contributed by atoms with van der Waals surface area (Å²) in [5, 5.41) is 25.6. The molecule has 0 aromatic heterocycles. The predicted octanol–water partition coefficient (Wildman–Crippen LogP) is 2.34. The highest BCUT2D eigenvalue weighted by atomic mass is 32.2. The second kappa shape index (κ2) is 9.52. The molecule has 31 heavy (non-hydrogen) atoms. The first kappa shape index (κ1) is 22.2. The molecule has 2 aromatic rings. The maximum Gasteiger partial charge on any atom is 0.414 e. The summed E-state index contributed by atoms with van der Waals surface area (Å²) in [6.07, 6.45) is -1.30. The number of amidine groups is 1. The van der Waals surface area contributed by atoms with Crippen molar-refractivity contribution in [3.05, 3.63) is 59.2 Å². The van der Waals surface area contributed by atoms with Crippen LogP contribution in [0.25, 0.3) is 0 Å². The molecule has 1 unspecified atom stereocenters. The molecule has 2 aromatic carbocycles. The highest BCUT2D eigenvalue weighted by Crippen LogP contribution is 2.29. The van der Waals surface area contributed by atoms with Crippen molar-refractivity contribution >= 4 is 41.3 Å². The lowest BCUT2D eigenvalue weighted by Gasteiger charge is -2.14. The number of aliphatic carboxylic acids is 2. The third kappa shape index (κ3) is 5.76. The van der Waals surface area contributed by atoms with Crippen molar-refractivity contribution in [1.29, 1.82) is 5.41 Å². The van der Waals surface area contributed by atoms with Gasteiger partial charge in [0.15, 0.2) is 0 Å². The van der Waals surface area contributed by atoms with Crippen molar-refractivity contribution in [2.24, 2.45) is 5.73 Å². The van der Waals surface area contributed by atoms with Gasteiger partial charge in [-0.2, -0.15) is 0 Å². The van der Waals surface area contributed by atoms with E-state index in [1.807, 2.05) is 0 Å². The number of benzene rings is 2. The van der Waals surface area contributed by atoms with Gasteiger partial charge in [-0.3, -0.25) is 19.9 Å². The number of carboxylic acid groups (broad SMARTS) is 2. The summed E-state index contributed by atoms with van der Waals surface area (Å²) in [4.78, 5) is 36.6. The highest BCUT2D eigenvalue weighted by Gasteiger charge is 2.32. The largest absolute Gasteiger partial charge is 0.481 e. The van der Waals surface area contributed by atoms with Gasteiger partial charge in [-0.05, 0) is 41.5 Å². The number of cyclic esters (lactones) is 1. The molecule has 0 spiro atoms. The van der Waals surface area contributed by atoms with Crippen molar-refractivity contribution in [1.82, 2.24) is 0 Å². The molecule has 0 radical (unpaired) electrons. The fourth-order valence-electron chi connectivity index (χ4n) is 3.18. The average molecular weight is 443 g/mol. The molecule has 1 fully saturated rings. The van der Waals surface area contributed by atoms with Crippen molar-refractivity contribution in [3.63, 3.8) is 0 Å². The van der Waals surface area contributed by atoms with E-state index < -0.39 is 24.1 Å². The summed E-state index contributed by atoms with van der Waals surface area (Å²) in [7, 11) is 0. The molecule has 0 saturated carbocycles. The Morgan fingerprint density at radius 1 is 1.13 bits per heavy atom. The average Bonchev–Trinajstić information content (AvgIpc) is 3.07. The van der Waals surface area contributed by atoms with Crippen molar-refractivity contribution < 1.29 is 29.3 Å². The van der Waals surface area contributed by atoms with E-state index >= 15 is 0 Å². The van der Waals surface area contributed by atoms with Crippen molar-refractivity contribution in [3.8, 4) is 0 Å². The van der Waals surface area contributed by atoms with Crippen LogP contribution in [-0.2, 0) is 27.2 Å². The molecular formula is C21H21N3O6S. The predicted molar refractivity (Wildman–Crippen MR) is 115 cm³/mol. The van der Waals surface area contributed by atoms with E-state index in [4.69, 9.17) is 21.0 Å². The zero-order valence-electron chi connectivity index (χ0n) is 16.4. The fourth-order valence-corrected chi connectivity index (χ4v) is 4.20. The first-order valence-corrected chi connectivity index (χ1v) is 10.3. The Morgan fingerprint density at radius 2 is 1.81 bits per heavy atom. The Labute approximate surface area is 182 Å². The lowest BCUT2D eigenvalue weighted by molar-refractivity contribution is -0.137. The Balaban J connectivity index is 1.67. The van der Waals surface area contributed by atoms with Gasteiger partial charge in [0.2, 0.25) is 0 Å². The number of nitrogens with two attached hydrogens (primary N) is 1. The molecule has 3 rings (SSSR count). The lowest BCUT2D eigenvalue weighted by Crippen LogP contribution is -2.25. The van der Waals surface area contributed by atoms with Gasteiger partial charge in [-0.25, -0.2) is 4.79 Å². The normalized spacial score (nSPS) is 15.5. The van der Waals surface area contributed by atoms with Gasteiger partial charge < -0.3 is 20.7 Å². The van der Waals surface area contributed by atoms with E-state index in [1.165, 1.54) is 16.7 Å². The summed E-state index contributed by atoms with van der Waals surface area (Å²) in [6, 6.07) is 11.7. The van der Waals surface area contributed by atoms with Crippen LogP contribution in [0.2, 0.25) is 0 Å². The molecule has 0 bridgehead atoms. The van der Waals surface area contributed by atoms with E-state index in [-0.39, 0.29) is 18.7 Å². The van der Waals surface area contributed by atoms with Crippen LogP contribution in [0, 0.1) is 5.41 Å². The van der Waals surface area contributed by atoms with Crippen LogP contribution in [0.15, 0.2) is 47.4 Å². The zero-order valence-corrected chi connectivity index (χ0v) is 17.2. The number of nitrogens with zero attached hydrogens (tertiary/aromatic N) is 1. The van der Waals surface area contributed by atoms with Gasteiger partial charge in [0.05, 0.1) is 19.4 Å². The SMILES string of the molecule is N=C(N)c1ccc(N2CC(CSc3ccc(CC(=O)O)cc3CC(=O)O)OC2=O)cc1. The Hall–Kier alpha value is -3.53. The molecule has 10 heteroatoms. The maximum absolute atomic E-state index is 12.3. The van der Waals surface area contributed by atoms with Crippen LogP contribution in [0.4, 0.5) is 10.5 Å². The first-order chi connectivity index (χ1) is 14.7. The summed E-state index contributed by atoms with van der Waals surface area (Å²) < 4.78 is 5.43. The number of rotatable bonds is 9. The molecule has 1 amide bonds. The van der Waals surface area contributed by atoms with Crippen molar-refractivity contribution in [2.45, 2.75) is 23.8 Å². The molecular weight excluding hydrogens is 422 g/mol. The van der Waals surface area contributed by atoms with E-state index in [9.17, 15) is 19.5 Å².